The maximum absolute atomic E-state index is 13.0. The molecular formula is C29H33N5O5. The van der Waals surface area contributed by atoms with Crippen LogP contribution in [0.2, 0.25) is 0 Å². The third-order valence-electron chi connectivity index (χ3n) is 5.08. The third-order valence-corrected chi connectivity index (χ3v) is 5.08. The maximum Gasteiger partial charge on any atom is 0.442 e. The van der Waals surface area contributed by atoms with Crippen molar-refractivity contribution in [2.75, 3.05) is 10.8 Å². The van der Waals surface area contributed by atoms with Crippen molar-refractivity contribution in [3.63, 3.8) is 0 Å². The van der Waals surface area contributed by atoms with Crippen LogP contribution in [0, 0.1) is 0 Å². The first-order valence-corrected chi connectivity index (χ1v) is 12.5. The fourth-order valence-electron chi connectivity index (χ4n) is 3.54. The molecule has 2 aromatic heterocycles. The fraction of sp³-hybridized carbons (Fsp3) is 0.310. The van der Waals surface area contributed by atoms with E-state index in [0.29, 0.717) is 34.9 Å². The Bertz CT molecular complexity index is 1420. The predicted octanol–water partition coefficient (Wildman–Crippen LogP) is 6.43. The predicted molar refractivity (Wildman–Crippen MR) is 148 cm³/mol. The molecule has 0 atom stereocenters. The van der Waals surface area contributed by atoms with Crippen molar-refractivity contribution in [3.05, 3.63) is 72.4 Å². The second kappa shape index (κ2) is 11.1. The molecule has 0 aliphatic heterocycles. The van der Waals surface area contributed by atoms with E-state index in [4.69, 9.17) is 24.6 Å². The van der Waals surface area contributed by atoms with Gasteiger partial charge in [0.2, 0.25) is 5.88 Å². The quantitative estimate of drug-likeness (QED) is 0.268. The number of amides is 1. The van der Waals surface area contributed by atoms with E-state index < -0.39 is 17.3 Å². The standard InChI is InChI=1S/C29H33N5O5/c1-28(2,3)37-27(35)34(39-29(4,5)6)26-31-16-15-22(32-26)23-24(33-38-25(23)30)20-13-10-14-21(17-20)36-18-19-11-8-7-9-12-19/h7-17H,18,30H2,1-6H3. The lowest BCUT2D eigenvalue weighted by Crippen LogP contribution is -2.42. The van der Waals surface area contributed by atoms with Crippen molar-refractivity contribution in [2.24, 2.45) is 0 Å². The van der Waals surface area contributed by atoms with Crippen molar-refractivity contribution in [1.29, 1.82) is 0 Å². The van der Waals surface area contributed by atoms with Crippen molar-refractivity contribution in [2.45, 2.75) is 59.4 Å². The molecule has 10 nitrogen and oxygen atoms in total. The van der Waals surface area contributed by atoms with Crippen molar-refractivity contribution in [3.8, 4) is 28.3 Å². The number of aromatic nitrogens is 3. The summed E-state index contributed by atoms with van der Waals surface area (Å²) >= 11 is 0. The molecule has 1 amide bonds. The van der Waals surface area contributed by atoms with Gasteiger partial charge in [-0.15, -0.1) is 5.06 Å². The number of anilines is 2. The second-order valence-electron chi connectivity index (χ2n) is 10.8. The van der Waals surface area contributed by atoms with Gasteiger partial charge in [-0.3, -0.25) is 4.84 Å². The molecule has 2 heterocycles. The molecule has 4 rings (SSSR count). The van der Waals surface area contributed by atoms with Crippen LogP contribution < -0.4 is 15.5 Å². The summed E-state index contributed by atoms with van der Waals surface area (Å²) in [5.74, 6) is 0.691. The SMILES string of the molecule is CC(C)(C)OC(=O)N(OC(C)(C)C)c1nccc(-c2c(-c3cccc(OCc4ccccc4)c3)noc2N)n1. The summed E-state index contributed by atoms with van der Waals surface area (Å²) < 4.78 is 16.9. The average molecular weight is 532 g/mol. The van der Waals surface area contributed by atoms with Gasteiger partial charge in [-0.2, -0.15) is 0 Å². The van der Waals surface area contributed by atoms with Crippen LogP contribution in [0.3, 0.4) is 0 Å². The minimum Gasteiger partial charge on any atom is -0.489 e. The van der Waals surface area contributed by atoms with Crippen LogP contribution in [0.15, 0.2) is 71.4 Å². The van der Waals surface area contributed by atoms with Gasteiger partial charge in [0.25, 0.3) is 5.95 Å². The number of nitrogens with zero attached hydrogens (tertiary/aromatic N) is 4. The second-order valence-corrected chi connectivity index (χ2v) is 10.8. The highest BCUT2D eigenvalue weighted by Crippen LogP contribution is 2.37. The maximum atomic E-state index is 13.0. The summed E-state index contributed by atoms with van der Waals surface area (Å²) in [5.41, 5.74) is 7.76. The first-order chi connectivity index (χ1) is 18.4. The molecule has 0 aliphatic rings. The van der Waals surface area contributed by atoms with E-state index in [9.17, 15) is 4.79 Å². The number of hydroxylamine groups is 1. The van der Waals surface area contributed by atoms with Gasteiger partial charge in [-0.1, -0.05) is 47.6 Å². The molecule has 0 aliphatic carbocycles. The number of nitrogens with two attached hydrogens (primary N) is 1. The lowest BCUT2D eigenvalue weighted by atomic mass is 10.0. The minimum absolute atomic E-state index is 0.0248. The molecule has 4 aromatic rings. The van der Waals surface area contributed by atoms with Crippen LogP contribution in [0.4, 0.5) is 16.6 Å². The number of carbonyl (C=O) groups is 1. The smallest absolute Gasteiger partial charge is 0.442 e. The largest absolute Gasteiger partial charge is 0.489 e. The van der Waals surface area contributed by atoms with Gasteiger partial charge < -0.3 is 19.7 Å². The molecule has 0 spiro atoms. The topological polar surface area (TPSA) is 126 Å². The monoisotopic (exact) mass is 531 g/mol. The van der Waals surface area contributed by atoms with E-state index in [-0.39, 0.29) is 11.8 Å². The number of hydrogen-bond donors (Lipinski definition) is 1. The third kappa shape index (κ3) is 7.32. The van der Waals surface area contributed by atoms with Crippen molar-refractivity contribution < 1.29 is 23.6 Å². The Morgan fingerprint density at radius 1 is 0.974 bits per heavy atom. The molecule has 0 radical (unpaired) electrons. The summed E-state index contributed by atoms with van der Waals surface area (Å²) in [5, 5.41) is 5.13. The molecule has 0 saturated carbocycles. The van der Waals surface area contributed by atoms with Crippen molar-refractivity contribution in [1.82, 2.24) is 15.1 Å². The first kappa shape index (κ1) is 27.6. The molecule has 0 fully saturated rings. The highest BCUT2D eigenvalue weighted by atomic mass is 16.7. The normalized spacial score (nSPS) is 11.7. The number of nitrogen functional groups attached to an aromatic ring is 1. The van der Waals surface area contributed by atoms with Gasteiger partial charge in [-0.25, -0.2) is 14.8 Å². The zero-order valence-electron chi connectivity index (χ0n) is 23.0. The average Bonchev–Trinajstić information content (AvgIpc) is 3.27. The molecule has 0 saturated heterocycles. The van der Waals surface area contributed by atoms with Gasteiger partial charge in [-0.05, 0) is 65.3 Å². The van der Waals surface area contributed by atoms with Crippen molar-refractivity contribution >= 4 is 17.9 Å². The Hall–Kier alpha value is -4.44. The molecule has 2 aromatic carbocycles. The summed E-state index contributed by atoms with van der Waals surface area (Å²) in [6, 6.07) is 19.0. The zero-order valence-corrected chi connectivity index (χ0v) is 23.0. The Labute approximate surface area is 227 Å². The van der Waals surface area contributed by atoms with Crippen LogP contribution in [-0.2, 0) is 16.2 Å². The number of hydrogen-bond acceptors (Lipinski definition) is 9. The van der Waals surface area contributed by atoms with Gasteiger partial charge in [0.05, 0.1) is 16.9 Å². The van der Waals surface area contributed by atoms with Gasteiger partial charge in [0, 0.05) is 11.8 Å². The summed E-state index contributed by atoms with van der Waals surface area (Å²) in [4.78, 5) is 27.7. The van der Waals surface area contributed by atoms with E-state index >= 15 is 0 Å². The Balaban J connectivity index is 1.67. The van der Waals surface area contributed by atoms with Gasteiger partial charge >= 0.3 is 6.09 Å². The molecule has 0 unspecified atom stereocenters. The Kier molecular flexibility index (Phi) is 7.87. The van der Waals surface area contributed by atoms with Gasteiger partial charge in [0.15, 0.2) is 0 Å². The first-order valence-electron chi connectivity index (χ1n) is 12.5. The highest BCUT2D eigenvalue weighted by Gasteiger charge is 2.31. The van der Waals surface area contributed by atoms with E-state index in [2.05, 4.69) is 15.1 Å². The minimum atomic E-state index is -0.756. The molecule has 2 N–H and O–H groups in total. The number of rotatable bonds is 7. The lowest BCUT2D eigenvalue weighted by Gasteiger charge is -2.30. The van der Waals surface area contributed by atoms with Gasteiger partial charge in [0.1, 0.15) is 23.7 Å². The fourth-order valence-corrected chi connectivity index (χ4v) is 3.54. The Morgan fingerprint density at radius 2 is 1.72 bits per heavy atom. The van der Waals surface area contributed by atoms with Crippen LogP contribution in [0.1, 0.15) is 47.1 Å². The Morgan fingerprint density at radius 3 is 2.41 bits per heavy atom. The van der Waals surface area contributed by atoms with E-state index in [1.54, 1.807) is 47.6 Å². The van der Waals surface area contributed by atoms with E-state index in [0.717, 1.165) is 10.6 Å². The summed E-state index contributed by atoms with van der Waals surface area (Å²) in [7, 11) is 0. The summed E-state index contributed by atoms with van der Waals surface area (Å²) in [6.07, 6.45) is 0.743. The van der Waals surface area contributed by atoms with Crippen LogP contribution >= 0.6 is 0 Å². The molecule has 204 valence electrons. The number of carbonyl (C=O) groups excluding carboxylic acids is 1. The van der Waals surface area contributed by atoms with E-state index in [1.807, 2.05) is 54.6 Å². The molecular weight excluding hydrogens is 498 g/mol. The van der Waals surface area contributed by atoms with Crippen LogP contribution in [0.5, 0.6) is 5.75 Å². The van der Waals surface area contributed by atoms with Crippen LogP contribution in [-0.4, -0.2) is 32.4 Å². The van der Waals surface area contributed by atoms with Crippen LogP contribution in [0.25, 0.3) is 22.5 Å². The molecule has 0 bridgehead atoms. The molecule has 39 heavy (non-hydrogen) atoms. The zero-order chi connectivity index (χ0) is 28.2. The summed E-state index contributed by atoms with van der Waals surface area (Å²) in [6.45, 7) is 11.1. The number of benzene rings is 2. The highest BCUT2D eigenvalue weighted by molar-refractivity contribution is 5.87. The van der Waals surface area contributed by atoms with E-state index in [1.165, 1.54) is 6.20 Å². The molecule has 10 heteroatoms. The number of ether oxygens (including phenoxy) is 2. The lowest BCUT2D eigenvalue weighted by molar-refractivity contribution is -0.0372.